The molecule has 0 saturated carbocycles. The highest BCUT2D eigenvalue weighted by molar-refractivity contribution is 8.00. The molecule has 158 valence electrons. The molecule has 2 heterocycles. The fourth-order valence-electron chi connectivity index (χ4n) is 2.91. The molecule has 0 unspecified atom stereocenters. The molecular formula is C21H18FN5O3S. The van der Waals surface area contributed by atoms with Gasteiger partial charge in [-0.15, -0.1) is 10.2 Å². The molecule has 4 rings (SSSR count). The Balaban J connectivity index is 1.53. The molecule has 4 aromatic rings. The van der Waals surface area contributed by atoms with Crippen molar-refractivity contribution < 1.29 is 13.9 Å². The second-order valence-corrected chi connectivity index (χ2v) is 7.92. The summed E-state index contributed by atoms with van der Waals surface area (Å²) >= 11 is 1.17. The number of carbonyl (C=O) groups is 1. The summed E-state index contributed by atoms with van der Waals surface area (Å²) in [7, 11) is 1.57. The van der Waals surface area contributed by atoms with Gasteiger partial charge in [0, 0.05) is 18.1 Å². The van der Waals surface area contributed by atoms with E-state index in [-0.39, 0.29) is 11.6 Å². The van der Waals surface area contributed by atoms with Crippen LogP contribution in [-0.4, -0.2) is 37.4 Å². The van der Waals surface area contributed by atoms with E-state index >= 15 is 0 Å². The summed E-state index contributed by atoms with van der Waals surface area (Å²) in [6, 6.07) is 12.7. The number of nitrogens with one attached hydrogen (secondary N) is 1. The first-order chi connectivity index (χ1) is 15.0. The Kier molecular flexibility index (Phi) is 5.72. The van der Waals surface area contributed by atoms with Crippen LogP contribution in [0.1, 0.15) is 6.92 Å². The van der Waals surface area contributed by atoms with Crippen molar-refractivity contribution in [3.05, 3.63) is 77.1 Å². The van der Waals surface area contributed by atoms with Crippen LogP contribution in [0.4, 0.5) is 10.1 Å². The van der Waals surface area contributed by atoms with Crippen molar-refractivity contribution in [2.45, 2.75) is 17.3 Å². The van der Waals surface area contributed by atoms with Crippen LogP contribution in [0.5, 0.6) is 5.75 Å². The molecule has 8 nitrogen and oxygen atoms in total. The molecule has 0 saturated heterocycles. The Morgan fingerprint density at radius 1 is 1.16 bits per heavy atom. The van der Waals surface area contributed by atoms with Gasteiger partial charge in [0.1, 0.15) is 11.6 Å². The van der Waals surface area contributed by atoms with Gasteiger partial charge in [-0.2, -0.15) is 0 Å². The van der Waals surface area contributed by atoms with Gasteiger partial charge in [-0.05, 0) is 49.4 Å². The highest BCUT2D eigenvalue weighted by Crippen LogP contribution is 2.23. The largest absolute Gasteiger partial charge is 0.497 e. The average Bonchev–Trinajstić information content (AvgIpc) is 3.18. The molecule has 0 spiro atoms. The number of fused-ring (bicyclic) bond motifs is 1. The number of halogens is 1. The molecule has 10 heteroatoms. The van der Waals surface area contributed by atoms with Crippen molar-refractivity contribution in [3.8, 4) is 11.4 Å². The van der Waals surface area contributed by atoms with E-state index in [4.69, 9.17) is 4.74 Å². The topological polar surface area (TPSA) is 90.5 Å². The van der Waals surface area contributed by atoms with Crippen LogP contribution in [-0.2, 0) is 4.79 Å². The van der Waals surface area contributed by atoms with Gasteiger partial charge in [0.25, 0.3) is 0 Å². The van der Waals surface area contributed by atoms with Crippen molar-refractivity contribution in [3.63, 3.8) is 0 Å². The molecule has 0 fully saturated rings. The van der Waals surface area contributed by atoms with Crippen LogP contribution in [0.2, 0.25) is 0 Å². The smallest absolute Gasteiger partial charge is 0.300 e. The summed E-state index contributed by atoms with van der Waals surface area (Å²) in [5, 5.41) is 10.7. The molecule has 31 heavy (non-hydrogen) atoms. The third-order valence-electron chi connectivity index (χ3n) is 4.53. The van der Waals surface area contributed by atoms with Crippen LogP contribution in [0, 0.1) is 5.82 Å². The SMILES string of the molecule is COc1ccc(NC(=O)[C@H](C)Sc2nnc3c(=O)n(-c4cccc(F)c4)ccn23)cc1. The van der Waals surface area contributed by atoms with Crippen molar-refractivity contribution in [2.75, 3.05) is 12.4 Å². The predicted octanol–water partition coefficient (Wildman–Crippen LogP) is 3.15. The molecule has 0 aliphatic carbocycles. The number of thioether (sulfide) groups is 1. The maximum Gasteiger partial charge on any atom is 0.300 e. The van der Waals surface area contributed by atoms with Crippen molar-refractivity contribution in [2.24, 2.45) is 0 Å². The minimum atomic E-state index is -0.500. The van der Waals surface area contributed by atoms with Crippen molar-refractivity contribution in [1.82, 2.24) is 19.2 Å². The summed E-state index contributed by atoms with van der Waals surface area (Å²) in [6.07, 6.45) is 3.12. The zero-order valence-electron chi connectivity index (χ0n) is 16.7. The van der Waals surface area contributed by atoms with E-state index in [2.05, 4.69) is 15.5 Å². The number of hydrogen-bond acceptors (Lipinski definition) is 6. The fraction of sp³-hybridized carbons (Fsp3) is 0.143. The number of carbonyl (C=O) groups excluding carboxylic acids is 1. The van der Waals surface area contributed by atoms with Crippen LogP contribution in [0.3, 0.4) is 0 Å². The summed E-state index contributed by atoms with van der Waals surface area (Å²) in [5.74, 6) is 0.0259. The van der Waals surface area contributed by atoms with Gasteiger partial charge in [-0.25, -0.2) is 4.39 Å². The van der Waals surface area contributed by atoms with E-state index in [1.165, 1.54) is 45.1 Å². The maximum atomic E-state index is 13.5. The number of benzene rings is 2. The molecule has 2 aromatic carbocycles. The number of methoxy groups -OCH3 is 1. The Bertz CT molecular complexity index is 1300. The number of rotatable bonds is 6. The highest BCUT2D eigenvalue weighted by atomic mass is 32.2. The second-order valence-electron chi connectivity index (χ2n) is 6.61. The molecule has 1 amide bonds. The van der Waals surface area contributed by atoms with Crippen molar-refractivity contribution >= 4 is 29.0 Å². The maximum absolute atomic E-state index is 13.5. The minimum absolute atomic E-state index is 0.0806. The van der Waals surface area contributed by atoms with E-state index < -0.39 is 16.6 Å². The third-order valence-corrected chi connectivity index (χ3v) is 5.59. The lowest BCUT2D eigenvalue weighted by molar-refractivity contribution is -0.115. The van der Waals surface area contributed by atoms with Crippen LogP contribution in [0.25, 0.3) is 11.3 Å². The number of amides is 1. The normalized spacial score (nSPS) is 12.0. The molecular weight excluding hydrogens is 421 g/mol. The molecule has 2 aromatic heterocycles. The number of anilines is 1. The van der Waals surface area contributed by atoms with Gasteiger partial charge in [0.05, 0.1) is 18.0 Å². The summed E-state index contributed by atoms with van der Waals surface area (Å²) in [6.45, 7) is 1.73. The molecule has 1 atom stereocenters. The van der Waals surface area contributed by atoms with Gasteiger partial charge < -0.3 is 10.1 Å². The molecule has 0 bridgehead atoms. The number of aromatic nitrogens is 4. The van der Waals surface area contributed by atoms with Gasteiger partial charge >= 0.3 is 5.56 Å². The number of hydrogen-bond donors (Lipinski definition) is 1. The second kappa shape index (κ2) is 8.60. The summed E-state index contributed by atoms with van der Waals surface area (Å²) in [5.41, 5.74) is 0.666. The van der Waals surface area contributed by atoms with Gasteiger partial charge in [0.2, 0.25) is 11.6 Å². The Hall–Kier alpha value is -3.66. The highest BCUT2D eigenvalue weighted by Gasteiger charge is 2.19. The molecule has 1 N–H and O–H groups in total. The first-order valence-corrected chi connectivity index (χ1v) is 10.2. The standard InChI is InChI=1S/C21H18FN5O3S/c1-13(19(28)23-15-6-8-17(30-2)9-7-15)31-21-25-24-18-20(29)26(10-11-27(18)21)16-5-3-4-14(22)12-16/h3-13H,1-2H3,(H,23,28)/t13-/m0/s1. The summed E-state index contributed by atoms with van der Waals surface area (Å²) in [4.78, 5) is 25.3. The zero-order chi connectivity index (χ0) is 22.0. The van der Waals surface area contributed by atoms with E-state index in [9.17, 15) is 14.0 Å². The van der Waals surface area contributed by atoms with Gasteiger partial charge in [-0.3, -0.25) is 18.6 Å². The Morgan fingerprint density at radius 3 is 2.65 bits per heavy atom. The zero-order valence-corrected chi connectivity index (χ0v) is 17.5. The minimum Gasteiger partial charge on any atom is -0.497 e. The first-order valence-electron chi connectivity index (χ1n) is 9.30. The van der Waals surface area contributed by atoms with E-state index in [0.717, 1.165) is 0 Å². The van der Waals surface area contributed by atoms with Gasteiger partial charge in [0.15, 0.2) is 5.16 Å². The number of nitrogens with zero attached hydrogens (tertiary/aromatic N) is 4. The quantitative estimate of drug-likeness (QED) is 0.464. The van der Waals surface area contributed by atoms with E-state index in [1.54, 1.807) is 50.6 Å². The lowest BCUT2D eigenvalue weighted by atomic mass is 10.3. The first kappa shape index (κ1) is 20.6. The average molecular weight is 439 g/mol. The lowest BCUT2D eigenvalue weighted by Crippen LogP contribution is -2.23. The van der Waals surface area contributed by atoms with E-state index in [1.807, 2.05) is 0 Å². The Labute approximate surface area is 180 Å². The monoisotopic (exact) mass is 439 g/mol. The lowest BCUT2D eigenvalue weighted by Gasteiger charge is -2.11. The van der Waals surface area contributed by atoms with Crippen LogP contribution >= 0.6 is 11.8 Å². The van der Waals surface area contributed by atoms with E-state index in [0.29, 0.717) is 22.3 Å². The predicted molar refractivity (Wildman–Crippen MR) is 115 cm³/mol. The third kappa shape index (κ3) is 4.29. The molecule has 0 aliphatic rings. The van der Waals surface area contributed by atoms with Crippen LogP contribution < -0.4 is 15.6 Å². The van der Waals surface area contributed by atoms with Gasteiger partial charge in [-0.1, -0.05) is 17.8 Å². The fourth-order valence-corrected chi connectivity index (χ4v) is 3.74. The van der Waals surface area contributed by atoms with Crippen molar-refractivity contribution in [1.29, 1.82) is 0 Å². The molecule has 0 aliphatic heterocycles. The summed E-state index contributed by atoms with van der Waals surface area (Å²) < 4.78 is 21.4. The molecule has 0 radical (unpaired) electrons. The number of ether oxygens (including phenoxy) is 1. The van der Waals surface area contributed by atoms with Crippen LogP contribution in [0.15, 0.2) is 70.9 Å². The Morgan fingerprint density at radius 2 is 1.94 bits per heavy atom.